The number of nitrogens with one attached hydrogen (secondary N) is 1. The molecule has 1 saturated carbocycles. The number of hydrogen-bond acceptors (Lipinski definition) is 3. The molecule has 1 aromatic heterocycles. The van der Waals surface area contributed by atoms with E-state index in [0.29, 0.717) is 5.78 Å². The van der Waals surface area contributed by atoms with Gasteiger partial charge in [0.1, 0.15) is 0 Å². The Labute approximate surface area is 150 Å². The SMILES string of the molecule is CNC(C(=O)C1CCCC(C)CC1)c1cnn(Cc2ccccc2)c1. The van der Waals surface area contributed by atoms with E-state index >= 15 is 0 Å². The Morgan fingerprint density at radius 2 is 2.04 bits per heavy atom. The van der Waals surface area contributed by atoms with E-state index in [9.17, 15) is 4.79 Å². The van der Waals surface area contributed by atoms with E-state index in [0.717, 1.165) is 30.9 Å². The minimum Gasteiger partial charge on any atom is -0.307 e. The first-order chi connectivity index (χ1) is 12.2. The van der Waals surface area contributed by atoms with Gasteiger partial charge in [-0.2, -0.15) is 5.10 Å². The molecule has 4 nitrogen and oxygen atoms in total. The summed E-state index contributed by atoms with van der Waals surface area (Å²) in [5, 5.41) is 7.68. The third kappa shape index (κ3) is 4.57. The summed E-state index contributed by atoms with van der Waals surface area (Å²) in [7, 11) is 1.87. The first kappa shape index (κ1) is 17.9. The van der Waals surface area contributed by atoms with E-state index in [1.165, 1.54) is 24.8 Å². The van der Waals surface area contributed by atoms with Gasteiger partial charge in [-0.25, -0.2) is 0 Å². The van der Waals surface area contributed by atoms with Gasteiger partial charge < -0.3 is 5.32 Å². The van der Waals surface area contributed by atoms with Crippen LogP contribution < -0.4 is 5.32 Å². The number of aromatic nitrogens is 2. The standard InChI is InChI=1S/C21H29N3O/c1-16-7-6-10-18(12-11-16)21(25)20(22-2)19-13-23-24(15-19)14-17-8-4-3-5-9-17/h3-5,8-9,13,15-16,18,20,22H,6-7,10-12,14H2,1-2H3. The number of benzene rings is 1. The van der Waals surface area contributed by atoms with Crippen LogP contribution in [0.3, 0.4) is 0 Å². The molecule has 0 radical (unpaired) electrons. The fourth-order valence-corrected chi connectivity index (χ4v) is 3.87. The quantitative estimate of drug-likeness (QED) is 0.810. The van der Waals surface area contributed by atoms with Crippen LogP contribution >= 0.6 is 0 Å². The number of hydrogen-bond donors (Lipinski definition) is 1. The van der Waals surface area contributed by atoms with Crippen molar-refractivity contribution in [2.24, 2.45) is 11.8 Å². The molecule has 1 heterocycles. The molecule has 3 rings (SSSR count). The van der Waals surface area contributed by atoms with Crippen LogP contribution in [0.1, 0.15) is 56.2 Å². The van der Waals surface area contributed by atoms with E-state index in [1.807, 2.05) is 42.3 Å². The number of Topliss-reactive ketones (excluding diaryl/α,β-unsaturated/α-hetero) is 1. The van der Waals surface area contributed by atoms with E-state index in [-0.39, 0.29) is 12.0 Å². The molecule has 0 spiro atoms. The van der Waals surface area contributed by atoms with E-state index < -0.39 is 0 Å². The second kappa shape index (κ2) is 8.43. The van der Waals surface area contributed by atoms with Crippen molar-refractivity contribution in [3.05, 3.63) is 53.9 Å². The van der Waals surface area contributed by atoms with E-state index in [1.54, 1.807) is 0 Å². The number of rotatable bonds is 6. The number of nitrogens with zero attached hydrogens (tertiary/aromatic N) is 2. The normalized spacial score (nSPS) is 22.3. The summed E-state index contributed by atoms with van der Waals surface area (Å²) in [4.78, 5) is 13.1. The minimum atomic E-state index is -0.247. The largest absolute Gasteiger partial charge is 0.307 e. The van der Waals surface area contributed by atoms with Crippen LogP contribution in [0.15, 0.2) is 42.7 Å². The third-order valence-electron chi connectivity index (χ3n) is 5.41. The Morgan fingerprint density at radius 3 is 2.80 bits per heavy atom. The topological polar surface area (TPSA) is 46.9 Å². The molecular formula is C21H29N3O. The van der Waals surface area contributed by atoms with Crippen LogP contribution in [-0.2, 0) is 11.3 Å². The first-order valence-corrected chi connectivity index (χ1v) is 9.44. The molecule has 2 aromatic rings. The lowest BCUT2D eigenvalue weighted by Gasteiger charge is -2.20. The maximum atomic E-state index is 13.1. The summed E-state index contributed by atoms with van der Waals surface area (Å²) in [5.74, 6) is 1.26. The molecule has 3 unspecified atom stereocenters. The van der Waals surface area contributed by atoms with Crippen LogP contribution in [0.5, 0.6) is 0 Å². The predicted molar refractivity (Wildman–Crippen MR) is 100 cm³/mol. The summed E-state index contributed by atoms with van der Waals surface area (Å²) in [6.45, 7) is 3.03. The molecule has 1 N–H and O–H groups in total. The molecule has 25 heavy (non-hydrogen) atoms. The minimum absolute atomic E-state index is 0.180. The molecule has 3 atom stereocenters. The maximum Gasteiger partial charge on any atom is 0.157 e. The van der Waals surface area contributed by atoms with Gasteiger partial charge >= 0.3 is 0 Å². The van der Waals surface area contributed by atoms with Crippen LogP contribution in [0.4, 0.5) is 0 Å². The first-order valence-electron chi connectivity index (χ1n) is 9.44. The smallest absolute Gasteiger partial charge is 0.157 e. The highest BCUT2D eigenvalue weighted by atomic mass is 16.1. The average molecular weight is 339 g/mol. The number of likely N-dealkylation sites (N-methyl/N-ethyl adjacent to an activating group) is 1. The Morgan fingerprint density at radius 1 is 1.24 bits per heavy atom. The average Bonchev–Trinajstić information content (AvgIpc) is 2.95. The second-order valence-corrected chi connectivity index (χ2v) is 7.39. The maximum absolute atomic E-state index is 13.1. The molecule has 0 aliphatic heterocycles. The van der Waals surface area contributed by atoms with Crippen LogP contribution in [-0.4, -0.2) is 22.6 Å². The van der Waals surface area contributed by atoms with Crippen LogP contribution in [0, 0.1) is 11.8 Å². The fraction of sp³-hybridized carbons (Fsp3) is 0.524. The Bertz CT molecular complexity index is 679. The molecule has 1 aliphatic rings. The molecule has 134 valence electrons. The van der Waals surface area contributed by atoms with Crippen molar-refractivity contribution >= 4 is 5.78 Å². The summed E-state index contributed by atoms with van der Waals surface area (Å²) < 4.78 is 1.91. The second-order valence-electron chi connectivity index (χ2n) is 7.39. The monoisotopic (exact) mass is 339 g/mol. The summed E-state index contributed by atoms with van der Waals surface area (Å²) in [6, 6.07) is 10.0. The summed E-state index contributed by atoms with van der Waals surface area (Å²) in [6.07, 6.45) is 9.48. The molecule has 0 saturated heterocycles. The van der Waals surface area contributed by atoms with Crippen molar-refractivity contribution in [1.82, 2.24) is 15.1 Å². The Kier molecular flexibility index (Phi) is 6.03. The zero-order chi connectivity index (χ0) is 17.6. The molecule has 4 heteroatoms. The van der Waals surface area contributed by atoms with Gasteiger partial charge in [0.15, 0.2) is 5.78 Å². The number of carbonyl (C=O) groups excluding carboxylic acids is 1. The van der Waals surface area contributed by atoms with E-state index in [2.05, 4.69) is 29.5 Å². The highest BCUT2D eigenvalue weighted by Crippen LogP contribution is 2.30. The van der Waals surface area contributed by atoms with Crippen molar-refractivity contribution in [2.45, 2.75) is 51.6 Å². The Balaban J connectivity index is 1.69. The van der Waals surface area contributed by atoms with Crippen molar-refractivity contribution in [3.8, 4) is 0 Å². The van der Waals surface area contributed by atoms with Crippen molar-refractivity contribution in [2.75, 3.05) is 7.05 Å². The molecule has 1 fully saturated rings. The number of carbonyl (C=O) groups is 1. The van der Waals surface area contributed by atoms with Gasteiger partial charge in [-0.1, -0.05) is 56.5 Å². The lowest BCUT2D eigenvalue weighted by Crippen LogP contribution is -2.30. The predicted octanol–water partition coefficient (Wildman–Crippen LogP) is 3.98. The van der Waals surface area contributed by atoms with Crippen molar-refractivity contribution < 1.29 is 4.79 Å². The molecular weight excluding hydrogens is 310 g/mol. The highest BCUT2D eigenvalue weighted by Gasteiger charge is 2.29. The highest BCUT2D eigenvalue weighted by molar-refractivity contribution is 5.87. The molecule has 1 aromatic carbocycles. The van der Waals surface area contributed by atoms with Gasteiger partial charge in [-0.3, -0.25) is 9.48 Å². The van der Waals surface area contributed by atoms with Gasteiger partial charge in [-0.15, -0.1) is 0 Å². The van der Waals surface area contributed by atoms with Gasteiger partial charge in [0, 0.05) is 17.7 Å². The molecule has 1 aliphatic carbocycles. The fourth-order valence-electron chi connectivity index (χ4n) is 3.87. The zero-order valence-electron chi connectivity index (χ0n) is 15.3. The molecule has 0 amide bonds. The van der Waals surface area contributed by atoms with Crippen LogP contribution in [0.25, 0.3) is 0 Å². The van der Waals surface area contributed by atoms with Crippen molar-refractivity contribution in [3.63, 3.8) is 0 Å². The number of ketones is 1. The Hall–Kier alpha value is -1.94. The lowest BCUT2D eigenvalue weighted by molar-refractivity contribution is -0.125. The van der Waals surface area contributed by atoms with Gasteiger partial charge in [0.2, 0.25) is 0 Å². The summed E-state index contributed by atoms with van der Waals surface area (Å²) >= 11 is 0. The summed E-state index contributed by atoms with van der Waals surface area (Å²) in [5.41, 5.74) is 2.18. The van der Waals surface area contributed by atoms with Crippen LogP contribution in [0.2, 0.25) is 0 Å². The lowest BCUT2D eigenvalue weighted by atomic mass is 9.89. The zero-order valence-corrected chi connectivity index (χ0v) is 15.3. The van der Waals surface area contributed by atoms with E-state index in [4.69, 9.17) is 0 Å². The van der Waals surface area contributed by atoms with Gasteiger partial charge in [0.25, 0.3) is 0 Å². The van der Waals surface area contributed by atoms with Gasteiger partial charge in [-0.05, 0) is 31.4 Å². The van der Waals surface area contributed by atoms with Crippen molar-refractivity contribution in [1.29, 1.82) is 0 Å². The van der Waals surface area contributed by atoms with Gasteiger partial charge in [0.05, 0.1) is 18.8 Å². The molecule has 0 bridgehead atoms. The third-order valence-corrected chi connectivity index (χ3v) is 5.41.